The molecule has 0 radical (unpaired) electrons. The van der Waals surface area contributed by atoms with Crippen LogP contribution in [0.4, 0.5) is 0 Å². The van der Waals surface area contributed by atoms with Crippen LogP contribution >= 0.6 is 23.2 Å². The van der Waals surface area contributed by atoms with Gasteiger partial charge in [-0.25, -0.2) is 0 Å². The molecule has 1 amide bonds. The SMILES string of the molecule is COc1ccc(CN2CCC(O)(COc3ccc(Cl)c(Cl)c3)CC2)cc1OCCCN1CCCCCC1=O. The van der Waals surface area contributed by atoms with Crippen molar-refractivity contribution >= 4 is 29.1 Å². The Bertz CT molecular complexity index is 1070. The fourth-order valence-corrected chi connectivity index (χ4v) is 5.25. The van der Waals surface area contributed by atoms with Gasteiger partial charge in [-0.15, -0.1) is 0 Å². The summed E-state index contributed by atoms with van der Waals surface area (Å²) in [6.45, 7) is 4.59. The van der Waals surface area contributed by atoms with Crippen LogP contribution in [-0.4, -0.2) is 72.9 Å². The van der Waals surface area contributed by atoms with E-state index < -0.39 is 5.60 Å². The van der Waals surface area contributed by atoms with Crippen LogP contribution < -0.4 is 14.2 Å². The second-order valence-electron chi connectivity index (χ2n) is 10.2. The number of methoxy groups -OCH3 is 1. The smallest absolute Gasteiger partial charge is 0.222 e. The van der Waals surface area contributed by atoms with Gasteiger partial charge in [-0.05, 0) is 61.9 Å². The van der Waals surface area contributed by atoms with Gasteiger partial charge < -0.3 is 24.2 Å². The van der Waals surface area contributed by atoms with Gasteiger partial charge in [0, 0.05) is 45.2 Å². The molecule has 4 rings (SSSR count). The molecule has 2 heterocycles. The highest BCUT2D eigenvalue weighted by molar-refractivity contribution is 6.42. The lowest BCUT2D eigenvalue weighted by molar-refractivity contribution is -0.130. The standard InChI is InChI=1S/C29H38Cl2N2O5/c1-36-26-10-7-22(18-27(26)37-17-5-14-33-13-4-2-3-6-28(33)34)20-32-15-11-29(35,12-16-32)21-38-23-8-9-24(30)25(31)19-23/h7-10,18-19,35H,2-6,11-17,20-21H2,1H3. The molecule has 38 heavy (non-hydrogen) atoms. The van der Waals surface area contributed by atoms with Crippen molar-refractivity contribution in [2.75, 3.05) is 46.5 Å². The van der Waals surface area contributed by atoms with Gasteiger partial charge in [0.2, 0.25) is 5.91 Å². The summed E-state index contributed by atoms with van der Waals surface area (Å²) in [6, 6.07) is 11.1. The Hall–Kier alpha value is -2.19. The summed E-state index contributed by atoms with van der Waals surface area (Å²) in [7, 11) is 1.64. The molecule has 2 aliphatic rings. The fraction of sp³-hybridized carbons (Fsp3) is 0.552. The van der Waals surface area contributed by atoms with Gasteiger partial charge in [0.15, 0.2) is 11.5 Å². The molecule has 2 saturated heterocycles. The molecule has 2 fully saturated rings. The molecule has 0 atom stereocenters. The molecular weight excluding hydrogens is 527 g/mol. The third kappa shape index (κ3) is 8.15. The van der Waals surface area contributed by atoms with Gasteiger partial charge in [0.25, 0.3) is 0 Å². The molecule has 1 N–H and O–H groups in total. The lowest BCUT2D eigenvalue weighted by Gasteiger charge is -2.38. The van der Waals surface area contributed by atoms with E-state index in [2.05, 4.69) is 11.0 Å². The van der Waals surface area contributed by atoms with Crippen LogP contribution in [0.15, 0.2) is 36.4 Å². The van der Waals surface area contributed by atoms with Crippen LogP contribution in [-0.2, 0) is 11.3 Å². The largest absolute Gasteiger partial charge is 0.493 e. The summed E-state index contributed by atoms with van der Waals surface area (Å²) < 4.78 is 17.4. The van der Waals surface area contributed by atoms with Crippen LogP contribution in [0.5, 0.6) is 17.2 Å². The van der Waals surface area contributed by atoms with Crippen LogP contribution in [0.25, 0.3) is 0 Å². The second-order valence-corrected chi connectivity index (χ2v) is 11.1. The van der Waals surface area contributed by atoms with Crippen LogP contribution in [0.2, 0.25) is 10.0 Å². The summed E-state index contributed by atoms with van der Waals surface area (Å²) in [6.07, 6.45) is 5.89. The van der Waals surface area contributed by atoms with Crippen molar-refractivity contribution in [3.8, 4) is 17.2 Å². The minimum atomic E-state index is -0.883. The van der Waals surface area contributed by atoms with Crippen molar-refractivity contribution < 1.29 is 24.1 Å². The molecule has 7 nitrogen and oxygen atoms in total. The van der Waals surface area contributed by atoms with Gasteiger partial charge in [0.1, 0.15) is 18.0 Å². The van der Waals surface area contributed by atoms with Crippen molar-refractivity contribution in [1.29, 1.82) is 0 Å². The van der Waals surface area contributed by atoms with Crippen molar-refractivity contribution in [2.24, 2.45) is 0 Å². The first-order valence-electron chi connectivity index (χ1n) is 13.5. The van der Waals surface area contributed by atoms with Crippen molar-refractivity contribution in [1.82, 2.24) is 9.80 Å². The number of likely N-dealkylation sites (tertiary alicyclic amines) is 2. The highest BCUT2D eigenvalue weighted by atomic mass is 35.5. The number of rotatable bonds is 11. The maximum atomic E-state index is 12.2. The molecular formula is C29H38Cl2N2O5. The van der Waals surface area contributed by atoms with Gasteiger partial charge in [0.05, 0.1) is 23.8 Å². The summed E-state index contributed by atoms with van der Waals surface area (Å²) in [5.74, 6) is 2.28. The molecule has 9 heteroatoms. The number of piperidine rings is 1. The van der Waals surface area contributed by atoms with Gasteiger partial charge in [-0.2, -0.15) is 0 Å². The van der Waals surface area contributed by atoms with E-state index in [1.54, 1.807) is 25.3 Å². The maximum Gasteiger partial charge on any atom is 0.222 e. The highest BCUT2D eigenvalue weighted by Crippen LogP contribution is 2.31. The van der Waals surface area contributed by atoms with Crippen molar-refractivity contribution in [3.63, 3.8) is 0 Å². The first-order valence-corrected chi connectivity index (χ1v) is 14.2. The van der Waals surface area contributed by atoms with Gasteiger partial charge in [-0.3, -0.25) is 9.69 Å². The monoisotopic (exact) mass is 564 g/mol. The Labute approximate surface area is 235 Å². The summed E-state index contributed by atoms with van der Waals surface area (Å²) in [5.41, 5.74) is 0.243. The first kappa shape index (κ1) is 28.8. The summed E-state index contributed by atoms with van der Waals surface area (Å²) in [5, 5.41) is 11.9. The molecule has 0 bridgehead atoms. The summed E-state index contributed by atoms with van der Waals surface area (Å²) in [4.78, 5) is 16.5. The Kier molecular flexibility index (Phi) is 10.4. The number of carbonyl (C=O) groups is 1. The summed E-state index contributed by atoms with van der Waals surface area (Å²) >= 11 is 12.0. The van der Waals surface area contributed by atoms with Crippen LogP contribution in [0, 0.1) is 0 Å². The number of nitrogens with zero attached hydrogens (tertiary/aromatic N) is 2. The quantitative estimate of drug-likeness (QED) is 0.359. The maximum absolute atomic E-state index is 12.2. The molecule has 2 aromatic carbocycles. The molecule has 0 aliphatic carbocycles. The minimum absolute atomic E-state index is 0.211. The lowest BCUT2D eigenvalue weighted by Crippen LogP contribution is -2.47. The predicted octanol–water partition coefficient (Wildman–Crippen LogP) is 5.58. The number of hydrogen-bond donors (Lipinski definition) is 1. The molecule has 0 unspecified atom stereocenters. The Morgan fingerprint density at radius 1 is 0.947 bits per heavy atom. The molecule has 0 spiro atoms. The lowest BCUT2D eigenvalue weighted by atomic mass is 9.92. The van der Waals surface area contributed by atoms with Crippen LogP contribution in [0.3, 0.4) is 0 Å². The Balaban J connectivity index is 1.24. The van der Waals surface area contributed by atoms with Crippen molar-refractivity contribution in [2.45, 2.75) is 57.1 Å². The van der Waals surface area contributed by atoms with Gasteiger partial charge in [-0.1, -0.05) is 35.7 Å². The zero-order valence-corrected chi connectivity index (χ0v) is 23.6. The zero-order valence-electron chi connectivity index (χ0n) is 22.1. The van der Waals surface area contributed by atoms with E-state index in [0.29, 0.717) is 47.4 Å². The second kappa shape index (κ2) is 13.7. The molecule has 2 aromatic rings. The number of amides is 1. The van der Waals surface area contributed by atoms with E-state index in [9.17, 15) is 9.90 Å². The molecule has 0 aromatic heterocycles. The third-order valence-corrected chi connectivity index (χ3v) is 8.06. The van der Waals surface area contributed by atoms with E-state index in [0.717, 1.165) is 69.7 Å². The van der Waals surface area contributed by atoms with Crippen LogP contribution in [0.1, 0.15) is 50.5 Å². The number of halogens is 2. The number of aliphatic hydroxyl groups is 1. The Morgan fingerprint density at radius 2 is 1.76 bits per heavy atom. The molecule has 0 saturated carbocycles. The van der Waals surface area contributed by atoms with E-state index in [-0.39, 0.29) is 12.5 Å². The van der Waals surface area contributed by atoms with Gasteiger partial charge >= 0.3 is 0 Å². The average Bonchev–Trinajstić information content (AvgIpc) is 3.12. The minimum Gasteiger partial charge on any atom is -0.493 e. The number of ether oxygens (including phenoxy) is 3. The Morgan fingerprint density at radius 3 is 2.53 bits per heavy atom. The van der Waals surface area contributed by atoms with E-state index in [4.69, 9.17) is 37.4 Å². The van der Waals surface area contributed by atoms with E-state index in [1.807, 2.05) is 17.0 Å². The van der Waals surface area contributed by atoms with E-state index >= 15 is 0 Å². The third-order valence-electron chi connectivity index (χ3n) is 7.32. The fourth-order valence-electron chi connectivity index (χ4n) is 4.96. The number of benzene rings is 2. The highest BCUT2D eigenvalue weighted by Gasteiger charge is 2.33. The average molecular weight is 566 g/mol. The molecule has 2 aliphatic heterocycles. The first-order chi connectivity index (χ1) is 18.3. The number of carbonyl (C=O) groups excluding carboxylic acids is 1. The zero-order chi connectivity index (χ0) is 27.0. The normalized spacial score (nSPS) is 18.2. The van der Waals surface area contributed by atoms with E-state index in [1.165, 1.54) is 0 Å². The topological polar surface area (TPSA) is 71.5 Å². The predicted molar refractivity (Wildman–Crippen MR) is 150 cm³/mol. The number of hydrogen-bond acceptors (Lipinski definition) is 6. The van der Waals surface area contributed by atoms with Crippen molar-refractivity contribution in [3.05, 3.63) is 52.0 Å². The molecule has 208 valence electrons.